The number of aryl methyl sites for hydroxylation is 2. The van der Waals surface area contributed by atoms with E-state index in [-0.39, 0.29) is 0 Å². The van der Waals surface area contributed by atoms with E-state index >= 15 is 0 Å². The Labute approximate surface area is 83.4 Å². The first-order valence-corrected chi connectivity index (χ1v) is 4.74. The highest BCUT2D eigenvalue weighted by Gasteiger charge is 2.01. The van der Waals surface area contributed by atoms with Crippen molar-refractivity contribution >= 4 is 0 Å². The molecular formula is C11H13N3. The van der Waals surface area contributed by atoms with Gasteiger partial charge in [0.1, 0.15) is 5.69 Å². The molecule has 0 fully saturated rings. The van der Waals surface area contributed by atoms with Gasteiger partial charge in [-0.05, 0) is 24.1 Å². The van der Waals surface area contributed by atoms with Crippen molar-refractivity contribution < 1.29 is 0 Å². The topological polar surface area (TPSA) is 30.7 Å². The lowest BCUT2D eigenvalue weighted by Crippen LogP contribution is -1.90. The Balaban J connectivity index is 2.33. The lowest BCUT2D eigenvalue weighted by Gasteiger charge is -1.97. The molecule has 3 heteroatoms. The Kier molecular flexibility index (Phi) is 2.31. The molecule has 0 saturated carbocycles. The molecule has 0 amide bonds. The summed E-state index contributed by atoms with van der Waals surface area (Å²) in [5.41, 5.74) is 3.11. The Morgan fingerprint density at radius 2 is 2.07 bits per heavy atom. The smallest absolute Gasteiger partial charge is 0.111 e. The Morgan fingerprint density at radius 3 is 2.57 bits per heavy atom. The number of hydrogen-bond donors (Lipinski definition) is 0. The summed E-state index contributed by atoms with van der Waals surface area (Å²) in [5.74, 6) is 0. The van der Waals surface area contributed by atoms with Crippen LogP contribution in [0.2, 0.25) is 0 Å². The molecule has 0 aliphatic heterocycles. The highest BCUT2D eigenvalue weighted by Crippen LogP contribution is 2.13. The fourth-order valence-corrected chi connectivity index (χ4v) is 1.34. The maximum atomic E-state index is 4.36. The van der Waals surface area contributed by atoms with Gasteiger partial charge in [0, 0.05) is 19.4 Å². The van der Waals surface area contributed by atoms with Gasteiger partial charge in [0.05, 0.1) is 5.69 Å². The quantitative estimate of drug-likeness (QED) is 0.720. The largest absolute Gasteiger partial charge is 0.275 e. The van der Waals surface area contributed by atoms with Gasteiger partial charge in [0.25, 0.3) is 0 Å². The summed E-state index contributed by atoms with van der Waals surface area (Å²) >= 11 is 0. The van der Waals surface area contributed by atoms with Crippen LogP contribution < -0.4 is 0 Å². The first kappa shape index (κ1) is 8.94. The van der Waals surface area contributed by atoms with Crippen LogP contribution in [-0.2, 0) is 13.5 Å². The molecule has 3 nitrogen and oxygen atoms in total. The number of hydrogen-bond acceptors (Lipinski definition) is 2. The number of nitrogens with zero attached hydrogens (tertiary/aromatic N) is 3. The van der Waals surface area contributed by atoms with Gasteiger partial charge in [-0.2, -0.15) is 5.10 Å². The zero-order valence-corrected chi connectivity index (χ0v) is 8.44. The third-order valence-electron chi connectivity index (χ3n) is 2.21. The Morgan fingerprint density at radius 1 is 1.21 bits per heavy atom. The van der Waals surface area contributed by atoms with Crippen molar-refractivity contribution in [3.63, 3.8) is 0 Å². The second-order valence-electron chi connectivity index (χ2n) is 3.28. The average molecular weight is 187 g/mol. The molecule has 0 N–H and O–H groups in total. The Bertz CT molecular complexity index is 414. The predicted octanol–water partition coefficient (Wildman–Crippen LogP) is 2.04. The molecule has 0 radical (unpaired) electrons. The maximum Gasteiger partial charge on any atom is 0.111 e. The minimum absolute atomic E-state index is 0.926. The van der Waals surface area contributed by atoms with Gasteiger partial charge >= 0.3 is 0 Å². The third-order valence-corrected chi connectivity index (χ3v) is 2.21. The van der Waals surface area contributed by atoms with Crippen molar-refractivity contribution in [2.45, 2.75) is 13.3 Å². The summed E-state index contributed by atoms with van der Waals surface area (Å²) in [5, 5.41) is 4.29. The Hall–Kier alpha value is -1.64. The first-order valence-electron chi connectivity index (χ1n) is 4.74. The maximum absolute atomic E-state index is 4.36. The molecule has 0 bridgehead atoms. The second-order valence-corrected chi connectivity index (χ2v) is 3.28. The average Bonchev–Trinajstić information content (AvgIpc) is 2.65. The van der Waals surface area contributed by atoms with Crippen molar-refractivity contribution in [1.82, 2.24) is 14.8 Å². The normalized spacial score (nSPS) is 10.4. The van der Waals surface area contributed by atoms with Crippen molar-refractivity contribution in [3.05, 3.63) is 36.2 Å². The van der Waals surface area contributed by atoms with Crippen molar-refractivity contribution in [1.29, 1.82) is 0 Å². The van der Waals surface area contributed by atoms with E-state index in [1.54, 1.807) is 4.68 Å². The van der Waals surface area contributed by atoms with Crippen LogP contribution in [0.5, 0.6) is 0 Å². The fourth-order valence-electron chi connectivity index (χ4n) is 1.34. The molecule has 0 aliphatic carbocycles. The summed E-state index contributed by atoms with van der Waals surface area (Å²) in [7, 11) is 1.91. The minimum atomic E-state index is 0.926. The van der Waals surface area contributed by atoms with Crippen molar-refractivity contribution in [2.24, 2.45) is 7.05 Å². The van der Waals surface area contributed by atoms with E-state index in [1.807, 2.05) is 31.6 Å². The molecule has 0 spiro atoms. The molecular weight excluding hydrogens is 174 g/mol. The van der Waals surface area contributed by atoms with E-state index in [0.717, 1.165) is 17.8 Å². The van der Waals surface area contributed by atoms with Gasteiger partial charge in [-0.25, -0.2) is 0 Å². The van der Waals surface area contributed by atoms with Gasteiger partial charge < -0.3 is 0 Å². The summed E-state index contributed by atoms with van der Waals surface area (Å²) in [6.07, 6.45) is 4.85. The van der Waals surface area contributed by atoms with Crippen LogP contribution >= 0.6 is 0 Å². The molecule has 72 valence electrons. The molecule has 2 aromatic heterocycles. The van der Waals surface area contributed by atoms with E-state index < -0.39 is 0 Å². The van der Waals surface area contributed by atoms with E-state index in [2.05, 4.69) is 23.1 Å². The van der Waals surface area contributed by atoms with Crippen LogP contribution in [0.4, 0.5) is 0 Å². The van der Waals surface area contributed by atoms with Crippen molar-refractivity contribution in [2.75, 3.05) is 0 Å². The monoisotopic (exact) mass is 187 g/mol. The minimum Gasteiger partial charge on any atom is -0.275 e. The van der Waals surface area contributed by atoms with Crippen LogP contribution in [0.25, 0.3) is 11.4 Å². The molecule has 2 aromatic rings. The fraction of sp³-hybridized carbons (Fsp3) is 0.273. The number of pyridine rings is 1. The van der Waals surface area contributed by atoms with E-state index in [4.69, 9.17) is 0 Å². The van der Waals surface area contributed by atoms with Crippen molar-refractivity contribution in [3.8, 4) is 11.4 Å². The summed E-state index contributed by atoms with van der Waals surface area (Å²) in [6.45, 7) is 2.12. The predicted molar refractivity (Wildman–Crippen MR) is 55.8 cm³/mol. The molecule has 2 heterocycles. The third kappa shape index (κ3) is 1.66. The van der Waals surface area contributed by atoms with Gasteiger partial charge in [0.2, 0.25) is 0 Å². The van der Waals surface area contributed by atoms with Gasteiger partial charge in [-0.15, -0.1) is 0 Å². The van der Waals surface area contributed by atoms with Crippen LogP contribution in [0.15, 0.2) is 30.6 Å². The van der Waals surface area contributed by atoms with E-state index in [9.17, 15) is 0 Å². The van der Waals surface area contributed by atoms with Gasteiger partial charge in [0.15, 0.2) is 0 Å². The summed E-state index contributed by atoms with van der Waals surface area (Å²) in [6, 6.07) is 6.08. The molecule has 0 unspecified atom stereocenters. The number of aromatic nitrogens is 3. The molecule has 0 saturated heterocycles. The second kappa shape index (κ2) is 3.62. The molecule has 0 atom stereocenters. The molecule has 0 aromatic carbocycles. The molecule has 0 aliphatic rings. The van der Waals surface area contributed by atoms with Crippen LogP contribution in [0.1, 0.15) is 12.5 Å². The lowest BCUT2D eigenvalue weighted by atomic mass is 10.2. The summed E-state index contributed by atoms with van der Waals surface area (Å²) in [4.78, 5) is 4.36. The lowest BCUT2D eigenvalue weighted by molar-refractivity contribution is 0.770. The molecule has 14 heavy (non-hydrogen) atoms. The standard InChI is InChI=1S/C11H13N3/c1-3-9-4-5-10(12-8-9)11-6-7-14(2)13-11/h4-8H,3H2,1-2H3. The zero-order chi connectivity index (χ0) is 9.97. The summed E-state index contributed by atoms with van der Waals surface area (Å²) < 4.78 is 1.78. The van der Waals surface area contributed by atoms with Crippen LogP contribution in [0.3, 0.4) is 0 Å². The molecule has 2 rings (SSSR count). The SMILES string of the molecule is CCc1ccc(-c2ccn(C)n2)nc1. The first-order chi connectivity index (χ1) is 6.79. The van der Waals surface area contributed by atoms with Crippen LogP contribution in [-0.4, -0.2) is 14.8 Å². The number of rotatable bonds is 2. The van der Waals surface area contributed by atoms with Crippen LogP contribution in [0, 0.1) is 0 Å². The zero-order valence-electron chi connectivity index (χ0n) is 8.44. The van der Waals surface area contributed by atoms with E-state index in [0.29, 0.717) is 0 Å². The van der Waals surface area contributed by atoms with E-state index in [1.165, 1.54) is 5.56 Å². The highest BCUT2D eigenvalue weighted by molar-refractivity contribution is 5.53. The van der Waals surface area contributed by atoms with Gasteiger partial charge in [-0.3, -0.25) is 9.67 Å². The van der Waals surface area contributed by atoms with Gasteiger partial charge in [-0.1, -0.05) is 13.0 Å². The highest BCUT2D eigenvalue weighted by atomic mass is 15.2.